The van der Waals surface area contributed by atoms with Gasteiger partial charge in [0.25, 0.3) is 0 Å². The molecular formula is C25H20BrNOS. The second-order valence-electron chi connectivity index (χ2n) is 6.76. The lowest BCUT2D eigenvalue weighted by Gasteiger charge is -2.35. The van der Waals surface area contributed by atoms with E-state index in [9.17, 15) is 4.79 Å². The molecule has 2 nitrogen and oxygen atoms in total. The van der Waals surface area contributed by atoms with Crippen LogP contribution < -0.4 is 4.90 Å². The van der Waals surface area contributed by atoms with Crippen molar-refractivity contribution in [2.24, 2.45) is 0 Å². The molecule has 0 saturated heterocycles. The Morgan fingerprint density at radius 2 is 1.62 bits per heavy atom. The van der Waals surface area contributed by atoms with E-state index in [1.54, 1.807) is 18.7 Å². The summed E-state index contributed by atoms with van der Waals surface area (Å²) in [5, 5.41) is 0. The summed E-state index contributed by atoms with van der Waals surface area (Å²) in [5.41, 5.74) is 3.15. The van der Waals surface area contributed by atoms with Crippen LogP contribution in [0.25, 0.3) is 6.08 Å². The van der Waals surface area contributed by atoms with E-state index < -0.39 is 4.87 Å². The number of para-hydroxylation sites is 1. The fourth-order valence-corrected chi connectivity index (χ4v) is 5.25. The average molecular weight is 462 g/mol. The summed E-state index contributed by atoms with van der Waals surface area (Å²) in [6.07, 6.45) is 8.24. The second kappa shape index (κ2) is 8.44. The minimum Gasteiger partial charge on any atom is -0.288 e. The molecule has 3 aromatic rings. The van der Waals surface area contributed by atoms with Crippen molar-refractivity contribution in [1.82, 2.24) is 0 Å². The van der Waals surface area contributed by atoms with Gasteiger partial charge in [0.1, 0.15) is 4.87 Å². The number of amides is 1. The molecule has 0 bridgehead atoms. The first-order valence-electron chi connectivity index (χ1n) is 9.36. The fraction of sp³-hybridized carbons (Fsp3) is 0.0800. The van der Waals surface area contributed by atoms with Crippen molar-refractivity contribution in [2.75, 3.05) is 4.90 Å². The number of fused-ring (bicyclic) bond motifs is 1. The van der Waals surface area contributed by atoms with Gasteiger partial charge in [-0.05, 0) is 41.5 Å². The van der Waals surface area contributed by atoms with E-state index >= 15 is 0 Å². The minimum atomic E-state index is -0.628. The van der Waals surface area contributed by atoms with Gasteiger partial charge in [-0.25, -0.2) is 0 Å². The van der Waals surface area contributed by atoms with Crippen molar-refractivity contribution in [1.29, 1.82) is 0 Å². The van der Waals surface area contributed by atoms with Gasteiger partial charge >= 0.3 is 0 Å². The molecule has 4 rings (SSSR count). The number of carbonyl (C=O) groups excluding carboxylic acids is 1. The third-order valence-electron chi connectivity index (χ3n) is 4.80. The number of benzene rings is 3. The maximum absolute atomic E-state index is 12.8. The van der Waals surface area contributed by atoms with Gasteiger partial charge in [0, 0.05) is 16.3 Å². The molecule has 3 aromatic carbocycles. The van der Waals surface area contributed by atoms with Crippen LogP contribution in [0.15, 0.2) is 106 Å². The zero-order valence-corrected chi connectivity index (χ0v) is 18.4. The number of thioether (sulfide) groups is 1. The molecule has 0 fully saturated rings. The number of rotatable bonds is 4. The summed E-state index contributed by atoms with van der Waals surface area (Å²) in [4.78, 5) is 15.1. The number of hydrogen-bond acceptors (Lipinski definition) is 2. The Kier molecular flexibility index (Phi) is 5.74. The van der Waals surface area contributed by atoms with Crippen LogP contribution in [0.5, 0.6) is 0 Å². The third kappa shape index (κ3) is 3.96. The molecule has 0 radical (unpaired) electrons. The van der Waals surface area contributed by atoms with Gasteiger partial charge in [0.2, 0.25) is 5.91 Å². The van der Waals surface area contributed by atoms with Crippen molar-refractivity contribution in [3.8, 4) is 0 Å². The zero-order chi connectivity index (χ0) is 20.3. The van der Waals surface area contributed by atoms with Crippen molar-refractivity contribution in [2.45, 2.75) is 16.7 Å². The molecule has 0 N–H and O–H groups in total. The van der Waals surface area contributed by atoms with Gasteiger partial charge in [-0.1, -0.05) is 101 Å². The van der Waals surface area contributed by atoms with Gasteiger partial charge in [-0.2, -0.15) is 0 Å². The molecule has 1 atom stereocenters. The summed E-state index contributed by atoms with van der Waals surface area (Å²) < 4.78 is 1.01. The number of allylic oxidation sites excluding steroid dienone is 2. The molecule has 4 heteroatoms. The van der Waals surface area contributed by atoms with Crippen LogP contribution in [-0.2, 0) is 9.67 Å². The fourth-order valence-electron chi connectivity index (χ4n) is 3.52. The first kappa shape index (κ1) is 19.7. The van der Waals surface area contributed by atoms with Crippen molar-refractivity contribution >= 4 is 45.4 Å². The topological polar surface area (TPSA) is 20.3 Å². The predicted octanol–water partition coefficient (Wildman–Crippen LogP) is 7.03. The lowest BCUT2D eigenvalue weighted by molar-refractivity contribution is -0.117. The maximum atomic E-state index is 12.8. The quantitative estimate of drug-likeness (QED) is 0.388. The highest BCUT2D eigenvalue weighted by atomic mass is 79.9. The summed E-state index contributed by atoms with van der Waals surface area (Å²) in [6.45, 7) is 1.63. The molecule has 29 heavy (non-hydrogen) atoms. The molecule has 0 aromatic heterocycles. The van der Waals surface area contributed by atoms with Gasteiger partial charge in [-0.15, -0.1) is 0 Å². The van der Waals surface area contributed by atoms with E-state index in [-0.39, 0.29) is 5.91 Å². The monoisotopic (exact) mass is 461 g/mol. The molecule has 0 spiro atoms. The Morgan fingerprint density at radius 3 is 2.34 bits per heavy atom. The molecule has 1 aliphatic heterocycles. The first-order chi connectivity index (χ1) is 14.1. The molecular weight excluding hydrogens is 442 g/mol. The van der Waals surface area contributed by atoms with Crippen LogP contribution in [0.1, 0.15) is 18.1 Å². The predicted molar refractivity (Wildman–Crippen MR) is 126 cm³/mol. The number of halogens is 1. The molecule has 1 amide bonds. The second-order valence-corrected chi connectivity index (χ2v) is 8.94. The largest absolute Gasteiger partial charge is 0.288 e. The van der Waals surface area contributed by atoms with E-state index in [0.717, 1.165) is 26.2 Å². The first-order valence-corrected chi connectivity index (χ1v) is 11.0. The number of nitrogens with zero attached hydrogens (tertiary/aromatic N) is 1. The number of carbonyl (C=O) groups is 1. The van der Waals surface area contributed by atoms with Crippen LogP contribution in [0.4, 0.5) is 5.69 Å². The van der Waals surface area contributed by atoms with E-state index in [1.165, 1.54) is 0 Å². The highest BCUT2D eigenvalue weighted by Gasteiger charge is 2.46. The highest BCUT2D eigenvalue weighted by molar-refractivity contribution is 9.10. The smallest absolute Gasteiger partial charge is 0.225 e. The molecule has 1 heterocycles. The van der Waals surface area contributed by atoms with Crippen LogP contribution in [0, 0.1) is 0 Å². The third-order valence-corrected chi connectivity index (χ3v) is 6.76. The van der Waals surface area contributed by atoms with E-state index in [2.05, 4.69) is 58.4 Å². The highest BCUT2D eigenvalue weighted by Crippen LogP contribution is 2.56. The van der Waals surface area contributed by atoms with Crippen LogP contribution in [0.3, 0.4) is 0 Å². The molecule has 0 aliphatic carbocycles. The van der Waals surface area contributed by atoms with Gasteiger partial charge in [0.05, 0.1) is 5.69 Å². The normalized spacial score (nSPS) is 18.5. The van der Waals surface area contributed by atoms with Gasteiger partial charge in [-0.3, -0.25) is 9.69 Å². The summed E-state index contributed by atoms with van der Waals surface area (Å²) in [5.74, 6) is 0.0158. The SMILES string of the molecule is CC(=O)N1c2ccccc2SC1(/C=C/C=C/c1ccccc1)c1ccc(Br)cc1. The Hall–Kier alpha value is -2.56. The van der Waals surface area contributed by atoms with Crippen LogP contribution in [-0.4, -0.2) is 5.91 Å². The van der Waals surface area contributed by atoms with Gasteiger partial charge < -0.3 is 0 Å². The van der Waals surface area contributed by atoms with Crippen LogP contribution in [0.2, 0.25) is 0 Å². The minimum absolute atomic E-state index is 0.0158. The summed E-state index contributed by atoms with van der Waals surface area (Å²) in [7, 11) is 0. The van der Waals surface area contributed by atoms with E-state index in [4.69, 9.17) is 0 Å². The molecule has 1 unspecified atom stereocenters. The van der Waals surface area contributed by atoms with Crippen molar-refractivity contribution < 1.29 is 4.79 Å². The Balaban J connectivity index is 1.78. The Bertz CT molecular complexity index is 1080. The lowest BCUT2D eigenvalue weighted by Crippen LogP contribution is -2.42. The molecule has 144 valence electrons. The molecule has 0 saturated carbocycles. The zero-order valence-electron chi connectivity index (χ0n) is 16.0. The molecule has 1 aliphatic rings. The van der Waals surface area contributed by atoms with E-state index in [1.807, 2.05) is 65.6 Å². The van der Waals surface area contributed by atoms with Crippen molar-refractivity contribution in [3.63, 3.8) is 0 Å². The van der Waals surface area contributed by atoms with Crippen LogP contribution >= 0.6 is 27.7 Å². The van der Waals surface area contributed by atoms with E-state index in [0.29, 0.717) is 0 Å². The average Bonchev–Trinajstić information content (AvgIpc) is 3.08. The van der Waals surface area contributed by atoms with Gasteiger partial charge in [0.15, 0.2) is 0 Å². The standard InChI is InChI=1S/C25H20BrNOS/c1-19(28)27-23-12-5-6-13-24(23)29-25(27,21-14-16-22(26)17-15-21)18-8-7-11-20-9-3-2-4-10-20/h2-18H,1H3/b11-7+,18-8+. The maximum Gasteiger partial charge on any atom is 0.225 e. The number of hydrogen-bond donors (Lipinski definition) is 0. The van der Waals surface area contributed by atoms with Crippen molar-refractivity contribution in [3.05, 3.63) is 113 Å². The Morgan fingerprint density at radius 1 is 0.931 bits per heavy atom. The number of anilines is 1. The summed E-state index contributed by atoms with van der Waals surface area (Å²) >= 11 is 5.21. The Labute approximate surface area is 184 Å². The lowest BCUT2D eigenvalue weighted by atomic mass is 10.0. The summed E-state index contributed by atoms with van der Waals surface area (Å²) in [6, 6.07) is 26.4.